The first-order valence-corrected chi connectivity index (χ1v) is 12.9. The van der Waals surface area contributed by atoms with Crippen LogP contribution in [-0.2, 0) is 4.74 Å². The molecule has 6 rings (SSSR count). The zero-order valence-corrected chi connectivity index (χ0v) is 22.2. The van der Waals surface area contributed by atoms with Crippen LogP contribution < -0.4 is 26.9 Å². The number of rotatable bonds is 4. The minimum absolute atomic E-state index is 0.0102. The summed E-state index contributed by atoms with van der Waals surface area (Å²) in [6.07, 6.45) is 0. The van der Waals surface area contributed by atoms with E-state index in [2.05, 4.69) is 15.8 Å². The van der Waals surface area contributed by atoms with Gasteiger partial charge in [-0.05, 0) is 38.1 Å². The van der Waals surface area contributed by atoms with Crippen molar-refractivity contribution < 1.29 is 23.2 Å². The lowest BCUT2D eigenvalue weighted by Gasteiger charge is -2.29. The van der Waals surface area contributed by atoms with Gasteiger partial charge < -0.3 is 18.5 Å². The molecule has 41 heavy (non-hydrogen) atoms. The van der Waals surface area contributed by atoms with E-state index in [1.165, 1.54) is 17.6 Å². The van der Waals surface area contributed by atoms with E-state index in [-0.39, 0.29) is 28.0 Å². The molecule has 0 aliphatic carbocycles. The number of para-hydroxylation sites is 1. The Labute approximate surface area is 232 Å². The molecular weight excluding hydrogens is 530 g/mol. The van der Waals surface area contributed by atoms with Gasteiger partial charge in [-0.25, -0.2) is 9.36 Å². The van der Waals surface area contributed by atoms with Gasteiger partial charge in [0.1, 0.15) is 22.3 Å². The van der Waals surface area contributed by atoms with Crippen LogP contribution in [0.4, 0.5) is 5.95 Å². The zero-order valence-electron chi connectivity index (χ0n) is 22.2. The number of nitrogens with one attached hydrogen (secondary N) is 2. The van der Waals surface area contributed by atoms with Crippen LogP contribution in [0.3, 0.4) is 0 Å². The molecule has 0 unspecified atom stereocenters. The molecule has 2 N–H and O–H groups in total. The number of fused-ring (bicyclic) bond motifs is 2. The minimum Gasteiger partial charge on any atom is -0.442 e. The third-order valence-corrected chi connectivity index (χ3v) is 6.87. The Kier molecular flexibility index (Phi) is 6.59. The Bertz CT molecular complexity index is 1930. The molecule has 2 amide bonds. The minimum atomic E-state index is -0.881. The van der Waals surface area contributed by atoms with Gasteiger partial charge in [-0.15, -0.1) is 0 Å². The van der Waals surface area contributed by atoms with Gasteiger partial charge in [0.25, 0.3) is 17.4 Å². The third kappa shape index (κ3) is 4.74. The maximum absolute atomic E-state index is 14.0. The van der Waals surface area contributed by atoms with Gasteiger partial charge in [-0.3, -0.25) is 25.2 Å². The fraction of sp³-hybridized carbons (Fsp3) is 0.207. The van der Waals surface area contributed by atoms with Gasteiger partial charge in [0.05, 0.1) is 24.5 Å². The number of amides is 2. The van der Waals surface area contributed by atoms with Crippen molar-refractivity contribution in [3.8, 4) is 5.69 Å². The highest BCUT2D eigenvalue weighted by Crippen LogP contribution is 2.26. The lowest BCUT2D eigenvalue weighted by molar-refractivity contribution is 0.0844. The van der Waals surface area contributed by atoms with E-state index in [1.54, 1.807) is 36.4 Å². The van der Waals surface area contributed by atoms with Gasteiger partial charge in [0, 0.05) is 18.5 Å². The van der Waals surface area contributed by atoms with Crippen LogP contribution >= 0.6 is 0 Å². The highest BCUT2D eigenvalue weighted by Gasteiger charge is 2.28. The Morgan fingerprint density at radius 3 is 2.37 bits per heavy atom. The van der Waals surface area contributed by atoms with Gasteiger partial charge in [-0.2, -0.15) is 4.98 Å². The number of carbonyl (C=O) groups excluding carboxylic acids is 2. The second-order valence-electron chi connectivity index (χ2n) is 9.59. The lowest BCUT2D eigenvalue weighted by Crippen LogP contribution is -2.43. The van der Waals surface area contributed by atoms with Crippen LogP contribution in [0.15, 0.2) is 73.0 Å². The standard InChI is InChI=1S/C29H25N5O7/c1-16-7-9-19(10-8-16)34-27(37)23-22(17(2)40-26(23)30-29(34)33-11-13-39-14-12-33)25(36)32-31-24(35)20-15-18-5-3-4-6-21(18)41-28(20)38/h3-10,15H,11-14H2,1-2H3,(H,31,35)(H,32,36). The van der Waals surface area contributed by atoms with Crippen LogP contribution in [-0.4, -0.2) is 47.7 Å². The average Bonchev–Trinajstić information content (AvgIpc) is 3.32. The topological polar surface area (TPSA) is 149 Å². The fourth-order valence-corrected chi connectivity index (χ4v) is 4.79. The van der Waals surface area contributed by atoms with Crippen LogP contribution in [0.25, 0.3) is 27.8 Å². The maximum Gasteiger partial charge on any atom is 0.349 e. The molecule has 1 saturated heterocycles. The molecule has 3 aromatic heterocycles. The summed E-state index contributed by atoms with van der Waals surface area (Å²) in [5.41, 5.74) is 4.66. The number of aryl methyl sites for hydroxylation is 2. The first kappa shape index (κ1) is 26.0. The number of anilines is 1. The summed E-state index contributed by atoms with van der Waals surface area (Å²) in [6, 6.07) is 15.5. The van der Waals surface area contributed by atoms with Crippen molar-refractivity contribution in [2.45, 2.75) is 13.8 Å². The van der Waals surface area contributed by atoms with E-state index >= 15 is 0 Å². The Morgan fingerprint density at radius 1 is 0.902 bits per heavy atom. The van der Waals surface area contributed by atoms with Gasteiger partial charge in [-0.1, -0.05) is 35.9 Å². The summed E-state index contributed by atoms with van der Waals surface area (Å²) < 4.78 is 17.9. The van der Waals surface area contributed by atoms with E-state index in [1.807, 2.05) is 24.0 Å². The van der Waals surface area contributed by atoms with Crippen molar-refractivity contribution in [1.29, 1.82) is 0 Å². The van der Waals surface area contributed by atoms with Crippen LogP contribution in [0.2, 0.25) is 0 Å². The van der Waals surface area contributed by atoms with Crippen molar-refractivity contribution in [2.75, 3.05) is 31.2 Å². The largest absolute Gasteiger partial charge is 0.442 e. The lowest BCUT2D eigenvalue weighted by atomic mass is 10.1. The monoisotopic (exact) mass is 555 g/mol. The molecule has 1 aliphatic heterocycles. The number of hydrogen-bond acceptors (Lipinski definition) is 9. The molecule has 2 aromatic carbocycles. The quantitative estimate of drug-likeness (QED) is 0.252. The van der Waals surface area contributed by atoms with Crippen molar-refractivity contribution >= 4 is 39.8 Å². The number of carbonyl (C=O) groups is 2. The van der Waals surface area contributed by atoms with Gasteiger partial charge >= 0.3 is 5.63 Å². The molecule has 0 spiro atoms. The summed E-state index contributed by atoms with van der Waals surface area (Å²) in [4.78, 5) is 59.1. The number of morpholine rings is 1. The smallest absolute Gasteiger partial charge is 0.349 e. The Balaban J connectivity index is 1.37. The normalized spacial score (nSPS) is 13.5. The predicted molar refractivity (Wildman–Crippen MR) is 150 cm³/mol. The molecule has 0 saturated carbocycles. The number of hydrazine groups is 1. The first-order valence-electron chi connectivity index (χ1n) is 12.9. The molecule has 1 aliphatic rings. The number of aromatic nitrogens is 2. The summed E-state index contributed by atoms with van der Waals surface area (Å²) in [5.74, 6) is -1.19. The van der Waals surface area contributed by atoms with Crippen LogP contribution in [0.1, 0.15) is 32.0 Å². The summed E-state index contributed by atoms with van der Waals surface area (Å²) in [7, 11) is 0. The second kappa shape index (κ2) is 10.4. The van der Waals surface area contributed by atoms with Crippen LogP contribution in [0, 0.1) is 13.8 Å². The summed E-state index contributed by atoms with van der Waals surface area (Å²) >= 11 is 0. The molecule has 208 valence electrons. The molecule has 5 aromatic rings. The number of benzene rings is 2. The van der Waals surface area contributed by atoms with Crippen LogP contribution in [0.5, 0.6) is 0 Å². The zero-order chi connectivity index (χ0) is 28.7. The van der Waals surface area contributed by atoms with E-state index in [9.17, 15) is 19.2 Å². The fourth-order valence-electron chi connectivity index (χ4n) is 4.79. The molecule has 12 heteroatoms. The average molecular weight is 556 g/mol. The third-order valence-electron chi connectivity index (χ3n) is 6.87. The van der Waals surface area contributed by atoms with Crippen molar-refractivity contribution in [2.24, 2.45) is 0 Å². The predicted octanol–water partition coefficient (Wildman–Crippen LogP) is 2.61. The SMILES string of the molecule is Cc1ccc(-n2c(N3CCOCC3)nc3oc(C)c(C(=O)NNC(=O)c4cc5ccccc5oc4=O)c3c2=O)cc1. The molecular formula is C29H25N5O7. The highest BCUT2D eigenvalue weighted by atomic mass is 16.5. The number of ether oxygens (including phenoxy) is 1. The molecule has 4 heterocycles. The van der Waals surface area contributed by atoms with E-state index in [0.29, 0.717) is 48.9 Å². The Hall–Kier alpha value is -5.23. The van der Waals surface area contributed by atoms with Crippen molar-refractivity contribution in [3.63, 3.8) is 0 Å². The number of furan rings is 1. The number of nitrogens with zero attached hydrogens (tertiary/aromatic N) is 3. The van der Waals surface area contributed by atoms with Crippen molar-refractivity contribution in [1.82, 2.24) is 20.4 Å². The van der Waals surface area contributed by atoms with E-state index < -0.39 is 23.0 Å². The summed E-state index contributed by atoms with van der Waals surface area (Å²) in [6.45, 7) is 5.45. The van der Waals surface area contributed by atoms with Gasteiger partial charge in [0.15, 0.2) is 0 Å². The Morgan fingerprint density at radius 2 is 1.61 bits per heavy atom. The molecule has 0 radical (unpaired) electrons. The van der Waals surface area contributed by atoms with E-state index in [4.69, 9.17) is 13.6 Å². The van der Waals surface area contributed by atoms with E-state index in [0.717, 1.165) is 5.56 Å². The highest BCUT2D eigenvalue weighted by molar-refractivity contribution is 6.07. The van der Waals surface area contributed by atoms with Crippen molar-refractivity contribution in [3.05, 3.63) is 97.8 Å². The molecule has 0 bridgehead atoms. The molecule has 0 atom stereocenters. The van der Waals surface area contributed by atoms with Gasteiger partial charge in [0.2, 0.25) is 11.7 Å². The summed E-state index contributed by atoms with van der Waals surface area (Å²) in [5, 5.41) is 0.496. The second-order valence-corrected chi connectivity index (χ2v) is 9.59. The maximum atomic E-state index is 14.0. The first-order chi connectivity index (χ1) is 19.8. The molecule has 12 nitrogen and oxygen atoms in total. The molecule has 1 fully saturated rings. The number of hydrogen-bond donors (Lipinski definition) is 2.